The molecule has 0 spiro atoms. The third-order valence-corrected chi connectivity index (χ3v) is 5.11. The van der Waals surface area contributed by atoms with Gasteiger partial charge in [0, 0.05) is 19.0 Å². The fourth-order valence-electron chi connectivity index (χ4n) is 3.63. The highest BCUT2D eigenvalue weighted by Crippen LogP contribution is 2.24. The summed E-state index contributed by atoms with van der Waals surface area (Å²) in [5, 5.41) is 3.25. The van der Waals surface area contributed by atoms with E-state index in [1.54, 1.807) is 17.0 Å². The van der Waals surface area contributed by atoms with Crippen LogP contribution in [0.4, 0.5) is 0 Å². The van der Waals surface area contributed by atoms with Crippen molar-refractivity contribution in [2.24, 2.45) is 11.8 Å². The van der Waals surface area contributed by atoms with E-state index >= 15 is 0 Å². The second-order valence-electron chi connectivity index (χ2n) is 7.65. The molecule has 1 fully saturated rings. The molecule has 5 nitrogen and oxygen atoms in total. The standard InChI is InChI=1S/C22H28N2O3/c1-16(2)15-19(17-7-4-3-5-8-17)23-21(25)18-10-12-24(13-11-18)22(26)20-9-6-14-27-20/h3-9,14,16,18-19H,10-13,15H2,1-2H3,(H,23,25). The van der Waals surface area contributed by atoms with Crippen LogP contribution in [-0.4, -0.2) is 29.8 Å². The number of hydrogen-bond acceptors (Lipinski definition) is 3. The number of carbonyl (C=O) groups excluding carboxylic acids is 2. The molecule has 1 atom stereocenters. The van der Waals surface area contributed by atoms with Gasteiger partial charge in [-0.25, -0.2) is 0 Å². The van der Waals surface area contributed by atoms with Crippen LogP contribution in [0.5, 0.6) is 0 Å². The van der Waals surface area contributed by atoms with E-state index in [1.807, 2.05) is 18.2 Å². The molecule has 144 valence electrons. The number of carbonyl (C=O) groups is 2. The summed E-state index contributed by atoms with van der Waals surface area (Å²) in [7, 11) is 0. The van der Waals surface area contributed by atoms with E-state index in [1.165, 1.54) is 6.26 Å². The third-order valence-electron chi connectivity index (χ3n) is 5.11. The van der Waals surface area contributed by atoms with Crippen LogP contribution in [0, 0.1) is 11.8 Å². The van der Waals surface area contributed by atoms with Gasteiger partial charge in [0.15, 0.2) is 5.76 Å². The summed E-state index contributed by atoms with van der Waals surface area (Å²) in [6.45, 7) is 5.50. The lowest BCUT2D eigenvalue weighted by molar-refractivity contribution is -0.127. The number of amides is 2. The van der Waals surface area contributed by atoms with Gasteiger partial charge in [-0.05, 0) is 42.9 Å². The van der Waals surface area contributed by atoms with Gasteiger partial charge < -0.3 is 14.6 Å². The number of furan rings is 1. The molecule has 2 amide bonds. The smallest absolute Gasteiger partial charge is 0.289 e. The van der Waals surface area contributed by atoms with Crippen molar-refractivity contribution in [3.8, 4) is 0 Å². The molecule has 5 heteroatoms. The van der Waals surface area contributed by atoms with Gasteiger partial charge in [-0.2, -0.15) is 0 Å². The monoisotopic (exact) mass is 368 g/mol. The summed E-state index contributed by atoms with van der Waals surface area (Å²) in [5.74, 6) is 0.793. The summed E-state index contributed by atoms with van der Waals surface area (Å²) in [6, 6.07) is 13.6. The van der Waals surface area contributed by atoms with Gasteiger partial charge in [0.05, 0.1) is 12.3 Å². The molecule has 1 aromatic heterocycles. The molecule has 27 heavy (non-hydrogen) atoms. The van der Waals surface area contributed by atoms with E-state index < -0.39 is 0 Å². The SMILES string of the molecule is CC(C)CC(NC(=O)C1CCN(C(=O)c2ccco2)CC1)c1ccccc1. The van der Waals surface area contributed by atoms with Crippen LogP contribution in [0.25, 0.3) is 0 Å². The Balaban J connectivity index is 1.57. The molecule has 0 radical (unpaired) electrons. The van der Waals surface area contributed by atoms with Crippen molar-refractivity contribution in [1.82, 2.24) is 10.2 Å². The second kappa shape index (κ2) is 8.89. The molecule has 2 aromatic rings. The molecule has 2 heterocycles. The van der Waals surface area contributed by atoms with Gasteiger partial charge in [-0.3, -0.25) is 9.59 Å². The van der Waals surface area contributed by atoms with Crippen molar-refractivity contribution in [3.05, 3.63) is 60.1 Å². The first-order valence-electron chi connectivity index (χ1n) is 9.72. The Labute approximate surface area is 160 Å². The van der Waals surface area contributed by atoms with E-state index in [0.717, 1.165) is 12.0 Å². The average Bonchev–Trinajstić information content (AvgIpc) is 3.22. The number of hydrogen-bond donors (Lipinski definition) is 1. The third kappa shape index (κ3) is 5.00. The Hall–Kier alpha value is -2.56. The van der Waals surface area contributed by atoms with Gasteiger partial charge in [-0.1, -0.05) is 44.2 Å². The van der Waals surface area contributed by atoms with Crippen LogP contribution in [0.15, 0.2) is 53.1 Å². The highest BCUT2D eigenvalue weighted by atomic mass is 16.3. The first-order chi connectivity index (χ1) is 13.0. The van der Waals surface area contributed by atoms with Gasteiger partial charge >= 0.3 is 0 Å². The van der Waals surface area contributed by atoms with Crippen LogP contribution < -0.4 is 5.32 Å². The van der Waals surface area contributed by atoms with Crippen LogP contribution >= 0.6 is 0 Å². The first kappa shape index (κ1) is 19.2. The van der Waals surface area contributed by atoms with Gasteiger partial charge in [0.2, 0.25) is 5.91 Å². The molecule has 0 bridgehead atoms. The minimum atomic E-state index is -0.0965. The Kier molecular flexibility index (Phi) is 6.32. The number of benzene rings is 1. The predicted octanol–water partition coefficient (Wildman–Crippen LogP) is 4.04. The summed E-state index contributed by atoms with van der Waals surface area (Å²) in [6.07, 6.45) is 3.78. The van der Waals surface area contributed by atoms with Crippen molar-refractivity contribution in [3.63, 3.8) is 0 Å². The van der Waals surface area contributed by atoms with Crippen LogP contribution in [0.1, 0.15) is 55.3 Å². The first-order valence-corrected chi connectivity index (χ1v) is 9.72. The van der Waals surface area contributed by atoms with Crippen molar-refractivity contribution < 1.29 is 14.0 Å². The Morgan fingerprint density at radius 3 is 2.41 bits per heavy atom. The lowest BCUT2D eigenvalue weighted by Crippen LogP contribution is -2.43. The minimum absolute atomic E-state index is 0.0291. The van der Waals surface area contributed by atoms with E-state index in [0.29, 0.717) is 37.6 Å². The van der Waals surface area contributed by atoms with E-state index in [9.17, 15) is 9.59 Å². The van der Waals surface area contributed by atoms with Crippen molar-refractivity contribution >= 4 is 11.8 Å². The zero-order chi connectivity index (χ0) is 19.2. The highest BCUT2D eigenvalue weighted by Gasteiger charge is 2.30. The number of nitrogens with zero attached hydrogens (tertiary/aromatic N) is 1. The predicted molar refractivity (Wildman–Crippen MR) is 104 cm³/mol. The number of likely N-dealkylation sites (tertiary alicyclic amines) is 1. The molecule has 0 saturated carbocycles. The normalized spacial score (nSPS) is 16.3. The van der Waals surface area contributed by atoms with E-state index in [4.69, 9.17) is 4.42 Å². The zero-order valence-electron chi connectivity index (χ0n) is 16.1. The molecule has 1 aliphatic rings. The molecular formula is C22H28N2O3. The maximum Gasteiger partial charge on any atom is 0.289 e. The summed E-state index contributed by atoms with van der Waals surface area (Å²) in [4.78, 5) is 27.0. The van der Waals surface area contributed by atoms with E-state index in [-0.39, 0.29) is 23.8 Å². The van der Waals surface area contributed by atoms with Crippen LogP contribution in [0.3, 0.4) is 0 Å². The maximum absolute atomic E-state index is 12.8. The molecule has 1 unspecified atom stereocenters. The summed E-state index contributed by atoms with van der Waals surface area (Å²) < 4.78 is 5.19. The molecular weight excluding hydrogens is 340 g/mol. The number of rotatable bonds is 6. The average molecular weight is 368 g/mol. The second-order valence-corrected chi connectivity index (χ2v) is 7.65. The number of nitrogens with one attached hydrogen (secondary N) is 1. The molecule has 1 aromatic carbocycles. The van der Waals surface area contributed by atoms with Crippen LogP contribution in [-0.2, 0) is 4.79 Å². The summed E-state index contributed by atoms with van der Waals surface area (Å²) >= 11 is 0. The van der Waals surface area contributed by atoms with E-state index in [2.05, 4.69) is 31.3 Å². The van der Waals surface area contributed by atoms with Crippen molar-refractivity contribution in [2.75, 3.05) is 13.1 Å². The van der Waals surface area contributed by atoms with Crippen LogP contribution in [0.2, 0.25) is 0 Å². The molecule has 1 saturated heterocycles. The summed E-state index contributed by atoms with van der Waals surface area (Å²) in [5.41, 5.74) is 1.14. The fraction of sp³-hybridized carbons (Fsp3) is 0.455. The van der Waals surface area contributed by atoms with Crippen molar-refractivity contribution in [2.45, 2.75) is 39.2 Å². The lowest BCUT2D eigenvalue weighted by Gasteiger charge is -2.32. The fourth-order valence-corrected chi connectivity index (χ4v) is 3.63. The number of piperidine rings is 1. The Bertz CT molecular complexity index is 732. The van der Waals surface area contributed by atoms with Crippen molar-refractivity contribution in [1.29, 1.82) is 0 Å². The maximum atomic E-state index is 12.8. The largest absolute Gasteiger partial charge is 0.459 e. The van der Waals surface area contributed by atoms with Gasteiger partial charge in [0.1, 0.15) is 0 Å². The molecule has 3 rings (SSSR count). The lowest BCUT2D eigenvalue weighted by atomic mass is 9.93. The quantitative estimate of drug-likeness (QED) is 0.837. The Morgan fingerprint density at radius 1 is 1.11 bits per heavy atom. The minimum Gasteiger partial charge on any atom is -0.459 e. The topological polar surface area (TPSA) is 62.6 Å². The van der Waals surface area contributed by atoms with Gasteiger partial charge in [-0.15, -0.1) is 0 Å². The highest BCUT2D eigenvalue weighted by molar-refractivity contribution is 5.91. The molecule has 0 aliphatic carbocycles. The van der Waals surface area contributed by atoms with Gasteiger partial charge in [0.25, 0.3) is 5.91 Å². The zero-order valence-corrected chi connectivity index (χ0v) is 16.1. The molecule has 1 N–H and O–H groups in total. The Morgan fingerprint density at radius 2 is 1.81 bits per heavy atom. The molecule has 1 aliphatic heterocycles.